The average molecular weight is 103 g/mol. The second kappa shape index (κ2) is 1.43. The highest BCUT2D eigenvalue weighted by atomic mass is 32.1. The van der Waals surface area contributed by atoms with Gasteiger partial charge >= 0.3 is 0 Å². The van der Waals surface area contributed by atoms with Gasteiger partial charge in [-0.1, -0.05) is 12.6 Å². The number of hydrogen-bond donors (Lipinski definition) is 1. The molecule has 0 saturated heterocycles. The van der Waals surface area contributed by atoms with Crippen LogP contribution in [0.3, 0.4) is 0 Å². The lowest BCUT2D eigenvalue weighted by atomic mass is 10.5. The summed E-state index contributed by atoms with van der Waals surface area (Å²) in [5.41, 5.74) is -0.454. The Morgan fingerprint density at radius 2 is 2.17 bits per heavy atom. The van der Waals surface area contributed by atoms with Gasteiger partial charge in [0.15, 0.2) is 0 Å². The van der Waals surface area contributed by atoms with E-state index in [2.05, 4.69) is 12.6 Å². The number of rotatable bonds is 1. The predicted octanol–water partition coefficient (Wildman–Crippen LogP) is 0.912. The van der Waals surface area contributed by atoms with E-state index in [9.17, 15) is 0 Å². The Balaban J connectivity index is 2.13. The van der Waals surface area contributed by atoms with E-state index < -0.39 is 5.44 Å². The lowest BCUT2D eigenvalue weighted by molar-refractivity contribution is 0.243. The van der Waals surface area contributed by atoms with Gasteiger partial charge in [-0.25, -0.2) is 0 Å². The second-order valence-electron chi connectivity index (χ2n) is 1.73. The number of aliphatic hydroxyl groups excluding tert-OH is 1. The Kier molecular flexibility index (Phi) is 1.06. The summed E-state index contributed by atoms with van der Waals surface area (Å²) < 4.78 is 0. The summed E-state index contributed by atoms with van der Waals surface area (Å²) in [7, 11) is 0. The summed E-state index contributed by atoms with van der Waals surface area (Å²) >= 11 is 4.52. The van der Waals surface area contributed by atoms with Crippen LogP contribution in [0.1, 0.15) is 12.8 Å². The molecule has 6 heavy (non-hydrogen) atoms. The zero-order valence-corrected chi connectivity index (χ0v) is 4.24. The van der Waals surface area contributed by atoms with E-state index in [0.29, 0.717) is 5.92 Å². The summed E-state index contributed by atoms with van der Waals surface area (Å²) in [5, 5.41) is 8.51. The van der Waals surface area contributed by atoms with Gasteiger partial charge in [0.1, 0.15) is 5.44 Å². The van der Waals surface area contributed by atoms with Crippen molar-refractivity contribution in [3.8, 4) is 0 Å². The molecule has 35 valence electrons. The van der Waals surface area contributed by atoms with Crippen LogP contribution in [0.15, 0.2) is 0 Å². The first-order valence-corrected chi connectivity index (χ1v) is 2.62. The fourth-order valence-electron chi connectivity index (χ4n) is 0.381. The first kappa shape index (κ1) is 4.47. The van der Waals surface area contributed by atoms with Gasteiger partial charge in [0.25, 0.3) is 0 Å². The van der Waals surface area contributed by atoms with Crippen molar-refractivity contribution in [1.29, 1.82) is 0 Å². The molecule has 1 radical (unpaired) electrons. The molecular formula is C4H7OS. The minimum Gasteiger partial charge on any atom is -0.381 e. The van der Waals surface area contributed by atoms with Gasteiger partial charge < -0.3 is 5.11 Å². The molecular weight excluding hydrogens is 96.1 g/mol. The summed E-state index contributed by atoms with van der Waals surface area (Å²) in [6.07, 6.45) is 2.29. The van der Waals surface area contributed by atoms with Gasteiger partial charge in [-0.15, -0.1) is 0 Å². The third-order valence-corrected chi connectivity index (χ3v) is 1.41. The molecule has 0 aliphatic heterocycles. The molecule has 0 heterocycles. The first-order valence-electron chi connectivity index (χ1n) is 2.14. The van der Waals surface area contributed by atoms with Crippen molar-refractivity contribution < 1.29 is 5.11 Å². The predicted molar refractivity (Wildman–Crippen MR) is 26.3 cm³/mol. The Hall–Kier alpha value is 0.310. The Bertz CT molecular complexity index is 49.5. The molecule has 0 aromatic rings. The maximum Gasteiger partial charge on any atom is 0.112 e. The van der Waals surface area contributed by atoms with Gasteiger partial charge in [-0.2, -0.15) is 0 Å². The van der Waals surface area contributed by atoms with Crippen LogP contribution in [0.2, 0.25) is 0 Å². The van der Waals surface area contributed by atoms with E-state index in [4.69, 9.17) is 5.11 Å². The van der Waals surface area contributed by atoms with E-state index >= 15 is 0 Å². The maximum absolute atomic E-state index is 8.51. The SMILES string of the molecule is OC([S])C1CC1. The third-order valence-electron chi connectivity index (χ3n) is 1.03. The fraction of sp³-hybridized carbons (Fsp3) is 1.00. The highest BCUT2D eigenvalue weighted by Crippen LogP contribution is 2.33. The monoisotopic (exact) mass is 103 g/mol. The summed E-state index contributed by atoms with van der Waals surface area (Å²) in [6, 6.07) is 0. The van der Waals surface area contributed by atoms with Crippen molar-refractivity contribution in [1.82, 2.24) is 0 Å². The van der Waals surface area contributed by atoms with Crippen LogP contribution in [0, 0.1) is 5.92 Å². The molecule has 0 bridgehead atoms. The average Bonchev–Trinajstić information content (AvgIpc) is 2.06. The molecule has 0 aromatic heterocycles. The van der Waals surface area contributed by atoms with Crippen LogP contribution in [0.4, 0.5) is 0 Å². The van der Waals surface area contributed by atoms with Gasteiger partial charge in [0.05, 0.1) is 0 Å². The minimum atomic E-state index is -0.454. The molecule has 1 rings (SSSR count). The van der Waals surface area contributed by atoms with Gasteiger partial charge in [-0.3, -0.25) is 0 Å². The van der Waals surface area contributed by atoms with Crippen LogP contribution in [0.5, 0.6) is 0 Å². The second-order valence-corrected chi connectivity index (χ2v) is 2.21. The number of aliphatic hydroxyl groups is 1. The quantitative estimate of drug-likeness (QED) is 0.523. The highest BCUT2D eigenvalue weighted by molar-refractivity contribution is 7.80. The summed E-state index contributed by atoms with van der Waals surface area (Å²) in [5.74, 6) is 0.472. The first-order chi connectivity index (χ1) is 2.80. The molecule has 0 amide bonds. The molecule has 0 spiro atoms. The lowest BCUT2D eigenvalue weighted by Gasteiger charge is -1.91. The number of hydrogen-bond acceptors (Lipinski definition) is 1. The fourth-order valence-corrected chi connectivity index (χ4v) is 0.654. The van der Waals surface area contributed by atoms with E-state index in [-0.39, 0.29) is 0 Å². The standard InChI is InChI=1S/C4H7OS/c5-4(6)3-1-2-3/h3-5H,1-2H2. The molecule has 1 aliphatic rings. The molecule has 1 aliphatic carbocycles. The molecule has 1 N–H and O–H groups in total. The Labute approximate surface area is 42.8 Å². The van der Waals surface area contributed by atoms with E-state index in [0.717, 1.165) is 12.8 Å². The van der Waals surface area contributed by atoms with Crippen LogP contribution in [-0.2, 0) is 0 Å². The van der Waals surface area contributed by atoms with E-state index in [1.54, 1.807) is 0 Å². The van der Waals surface area contributed by atoms with Crippen LogP contribution < -0.4 is 0 Å². The van der Waals surface area contributed by atoms with Crippen LogP contribution >= 0.6 is 12.6 Å². The smallest absolute Gasteiger partial charge is 0.112 e. The Morgan fingerprint density at radius 1 is 1.67 bits per heavy atom. The maximum atomic E-state index is 8.51. The van der Waals surface area contributed by atoms with Gasteiger partial charge in [0.2, 0.25) is 0 Å². The van der Waals surface area contributed by atoms with Crippen molar-refractivity contribution in [3.63, 3.8) is 0 Å². The molecule has 1 fully saturated rings. The molecule has 1 unspecified atom stereocenters. The van der Waals surface area contributed by atoms with E-state index in [1.165, 1.54) is 0 Å². The topological polar surface area (TPSA) is 20.2 Å². The zero-order chi connectivity index (χ0) is 4.57. The van der Waals surface area contributed by atoms with Crippen LogP contribution in [-0.4, -0.2) is 10.5 Å². The molecule has 1 nitrogen and oxygen atoms in total. The summed E-state index contributed by atoms with van der Waals surface area (Å²) in [4.78, 5) is 0. The van der Waals surface area contributed by atoms with Crippen molar-refractivity contribution in [2.24, 2.45) is 5.92 Å². The molecule has 1 saturated carbocycles. The van der Waals surface area contributed by atoms with Crippen molar-refractivity contribution in [3.05, 3.63) is 0 Å². The lowest BCUT2D eigenvalue weighted by Crippen LogP contribution is -1.95. The minimum absolute atomic E-state index is 0.454. The zero-order valence-electron chi connectivity index (χ0n) is 3.42. The molecule has 1 atom stereocenters. The van der Waals surface area contributed by atoms with E-state index in [1.807, 2.05) is 0 Å². The highest BCUT2D eigenvalue weighted by Gasteiger charge is 2.27. The summed E-state index contributed by atoms with van der Waals surface area (Å²) in [6.45, 7) is 0. The third kappa shape index (κ3) is 0.884. The van der Waals surface area contributed by atoms with Crippen molar-refractivity contribution in [2.75, 3.05) is 0 Å². The Morgan fingerprint density at radius 3 is 2.17 bits per heavy atom. The van der Waals surface area contributed by atoms with Crippen LogP contribution in [0.25, 0.3) is 0 Å². The normalized spacial score (nSPS) is 27.0. The van der Waals surface area contributed by atoms with Gasteiger partial charge in [0, 0.05) is 0 Å². The molecule has 2 heteroatoms. The van der Waals surface area contributed by atoms with Gasteiger partial charge in [-0.05, 0) is 18.8 Å². The van der Waals surface area contributed by atoms with Crippen molar-refractivity contribution in [2.45, 2.75) is 18.3 Å². The largest absolute Gasteiger partial charge is 0.381 e. The molecule has 0 aromatic carbocycles. The van der Waals surface area contributed by atoms with Crippen molar-refractivity contribution >= 4 is 12.6 Å².